The number of fused-ring (bicyclic) bond motifs is 1. The number of aromatic nitrogens is 1. The maximum Gasteiger partial charge on any atom is 0.318 e. The molecule has 1 atom stereocenters. The van der Waals surface area contributed by atoms with Crippen molar-refractivity contribution in [3.05, 3.63) is 47.8 Å². The molecule has 0 saturated carbocycles. The molecule has 2 aromatic rings. The van der Waals surface area contributed by atoms with Gasteiger partial charge < -0.3 is 24.3 Å². The molecule has 0 fully saturated rings. The first-order valence-electron chi connectivity index (χ1n) is 8.67. The third-order valence-electron chi connectivity index (χ3n) is 4.62. The minimum Gasteiger partial charge on any atom is -0.497 e. The number of rotatable bonds is 6. The summed E-state index contributed by atoms with van der Waals surface area (Å²) in [6.07, 6.45) is 2.94. The van der Waals surface area contributed by atoms with Gasteiger partial charge in [-0.1, -0.05) is 15.9 Å². The van der Waals surface area contributed by atoms with Gasteiger partial charge in [0, 0.05) is 42.4 Å². The molecule has 2 amide bonds. The molecule has 1 N–H and O–H groups in total. The molecule has 26 heavy (non-hydrogen) atoms. The molecule has 1 aliphatic heterocycles. The number of benzene rings is 1. The number of nitrogens with zero attached hydrogens (tertiary/aromatic N) is 2. The highest BCUT2D eigenvalue weighted by Gasteiger charge is 2.34. The van der Waals surface area contributed by atoms with E-state index in [1.54, 1.807) is 14.2 Å². The van der Waals surface area contributed by atoms with E-state index in [1.807, 2.05) is 29.2 Å². The van der Waals surface area contributed by atoms with E-state index >= 15 is 0 Å². The van der Waals surface area contributed by atoms with E-state index in [-0.39, 0.29) is 12.1 Å². The second-order valence-corrected chi connectivity index (χ2v) is 6.90. The summed E-state index contributed by atoms with van der Waals surface area (Å²) in [7, 11) is 3.29. The molecule has 0 saturated heterocycles. The molecular formula is C19H24BrN3O3. The fraction of sp³-hybridized carbons (Fsp3) is 0.421. The number of nitrogens with one attached hydrogen (secondary N) is 1. The number of carbonyl (C=O) groups is 1. The highest BCUT2D eigenvalue weighted by Crippen LogP contribution is 2.39. The highest BCUT2D eigenvalue weighted by atomic mass is 79.9. The first kappa shape index (κ1) is 18.6. The third-order valence-corrected chi connectivity index (χ3v) is 5.18. The third kappa shape index (κ3) is 3.67. The number of carbonyl (C=O) groups excluding carboxylic acids is 1. The molecule has 7 heteroatoms. The van der Waals surface area contributed by atoms with Gasteiger partial charge in [0.15, 0.2) is 0 Å². The molecule has 1 unspecified atom stereocenters. The summed E-state index contributed by atoms with van der Waals surface area (Å²) in [4.78, 5) is 14.7. The van der Waals surface area contributed by atoms with Crippen molar-refractivity contribution in [2.24, 2.45) is 0 Å². The SMILES string of the molecule is COc1ccc(OC)c(C2c3cccn3CCN2C(=O)NCCCBr)c1. The zero-order valence-electron chi connectivity index (χ0n) is 15.1. The van der Waals surface area contributed by atoms with Crippen LogP contribution in [0.4, 0.5) is 4.79 Å². The summed E-state index contributed by atoms with van der Waals surface area (Å²) in [5.41, 5.74) is 1.99. The smallest absolute Gasteiger partial charge is 0.318 e. The van der Waals surface area contributed by atoms with Gasteiger partial charge in [-0.25, -0.2) is 4.79 Å². The Morgan fingerprint density at radius 2 is 2.12 bits per heavy atom. The fourth-order valence-electron chi connectivity index (χ4n) is 3.35. The van der Waals surface area contributed by atoms with Gasteiger partial charge >= 0.3 is 6.03 Å². The van der Waals surface area contributed by atoms with Crippen LogP contribution in [0.2, 0.25) is 0 Å². The van der Waals surface area contributed by atoms with Gasteiger partial charge in [0.2, 0.25) is 0 Å². The van der Waals surface area contributed by atoms with Gasteiger partial charge in [-0.05, 0) is 36.8 Å². The van der Waals surface area contributed by atoms with Crippen molar-refractivity contribution < 1.29 is 14.3 Å². The van der Waals surface area contributed by atoms with E-state index in [4.69, 9.17) is 9.47 Å². The van der Waals surface area contributed by atoms with Crippen molar-refractivity contribution in [3.63, 3.8) is 0 Å². The Hall–Kier alpha value is -2.15. The Kier molecular flexibility index (Phi) is 6.08. The van der Waals surface area contributed by atoms with Gasteiger partial charge in [-0.2, -0.15) is 0 Å². The lowest BCUT2D eigenvalue weighted by molar-refractivity contribution is 0.167. The Morgan fingerprint density at radius 1 is 1.27 bits per heavy atom. The molecule has 6 nitrogen and oxygen atoms in total. The van der Waals surface area contributed by atoms with Gasteiger partial charge in [-0.15, -0.1) is 0 Å². The molecule has 1 aliphatic rings. The van der Waals surface area contributed by atoms with Gasteiger partial charge in [0.05, 0.1) is 14.2 Å². The van der Waals surface area contributed by atoms with Crippen LogP contribution in [0.5, 0.6) is 11.5 Å². The average molecular weight is 422 g/mol. The largest absolute Gasteiger partial charge is 0.497 e. The molecule has 3 rings (SSSR count). The van der Waals surface area contributed by atoms with Crippen molar-refractivity contribution in [2.75, 3.05) is 32.6 Å². The second kappa shape index (κ2) is 8.49. The topological polar surface area (TPSA) is 55.7 Å². The number of ether oxygens (including phenoxy) is 2. The van der Waals surface area contributed by atoms with E-state index in [1.165, 1.54) is 0 Å². The van der Waals surface area contributed by atoms with Crippen LogP contribution in [0.3, 0.4) is 0 Å². The Balaban J connectivity index is 2.00. The van der Waals surface area contributed by atoms with Crippen LogP contribution in [0.25, 0.3) is 0 Å². The molecule has 1 aromatic carbocycles. The molecule has 0 spiro atoms. The minimum atomic E-state index is -0.229. The summed E-state index contributed by atoms with van der Waals surface area (Å²) in [5, 5.41) is 3.88. The Morgan fingerprint density at radius 3 is 2.85 bits per heavy atom. The lowest BCUT2D eigenvalue weighted by Crippen LogP contribution is -2.47. The van der Waals surface area contributed by atoms with Crippen molar-refractivity contribution in [1.82, 2.24) is 14.8 Å². The summed E-state index contributed by atoms with van der Waals surface area (Å²) >= 11 is 3.40. The van der Waals surface area contributed by atoms with E-state index in [2.05, 4.69) is 38.1 Å². The summed E-state index contributed by atoms with van der Waals surface area (Å²) in [5.74, 6) is 1.48. The fourth-order valence-corrected chi connectivity index (χ4v) is 3.63. The van der Waals surface area contributed by atoms with Gasteiger partial charge in [-0.3, -0.25) is 0 Å². The van der Waals surface area contributed by atoms with Crippen LogP contribution >= 0.6 is 15.9 Å². The number of amides is 2. The number of urea groups is 1. The average Bonchev–Trinajstić information content (AvgIpc) is 3.15. The predicted molar refractivity (Wildman–Crippen MR) is 104 cm³/mol. The standard InChI is InChI=1S/C19H24BrN3O3/c1-25-14-6-7-17(26-2)15(13-14)18-16-5-3-10-22(16)11-12-23(18)19(24)21-9-4-8-20/h3,5-7,10,13,18H,4,8-9,11-12H2,1-2H3,(H,21,24). The first-order valence-corrected chi connectivity index (χ1v) is 9.79. The molecular weight excluding hydrogens is 398 g/mol. The summed E-state index contributed by atoms with van der Waals surface area (Å²) in [6.45, 7) is 2.05. The number of hydrogen-bond acceptors (Lipinski definition) is 3. The zero-order chi connectivity index (χ0) is 18.5. The van der Waals surface area contributed by atoms with Crippen LogP contribution in [-0.2, 0) is 6.54 Å². The Labute approximate surface area is 162 Å². The monoisotopic (exact) mass is 421 g/mol. The quantitative estimate of drug-likeness (QED) is 0.574. The summed E-state index contributed by atoms with van der Waals surface area (Å²) in [6, 6.07) is 9.48. The lowest BCUT2D eigenvalue weighted by Gasteiger charge is -2.37. The van der Waals surface area contributed by atoms with Crippen molar-refractivity contribution in [2.45, 2.75) is 19.0 Å². The van der Waals surface area contributed by atoms with E-state index in [0.717, 1.165) is 41.1 Å². The molecule has 1 aromatic heterocycles. The molecule has 140 valence electrons. The van der Waals surface area contributed by atoms with E-state index < -0.39 is 0 Å². The Bertz CT molecular complexity index is 762. The molecule has 2 heterocycles. The van der Waals surface area contributed by atoms with Crippen molar-refractivity contribution in [3.8, 4) is 11.5 Å². The second-order valence-electron chi connectivity index (χ2n) is 6.10. The zero-order valence-corrected chi connectivity index (χ0v) is 16.7. The number of halogens is 1. The molecule has 0 bridgehead atoms. The van der Waals surface area contributed by atoms with Crippen LogP contribution < -0.4 is 14.8 Å². The van der Waals surface area contributed by atoms with Crippen molar-refractivity contribution in [1.29, 1.82) is 0 Å². The maximum absolute atomic E-state index is 12.9. The normalized spacial score (nSPS) is 16.1. The van der Waals surface area contributed by atoms with Crippen LogP contribution in [0.15, 0.2) is 36.5 Å². The van der Waals surface area contributed by atoms with E-state index in [9.17, 15) is 4.79 Å². The van der Waals surface area contributed by atoms with Gasteiger partial charge in [0.25, 0.3) is 0 Å². The predicted octanol–water partition coefficient (Wildman–Crippen LogP) is 3.40. The minimum absolute atomic E-state index is 0.0618. The lowest BCUT2D eigenvalue weighted by atomic mass is 9.98. The van der Waals surface area contributed by atoms with E-state index in [0.29, 0.717) is 13.1 Å². The number of alkyl halides is 1. The first-order chi connectivity index (χ1) is 12.7. The molecule has 0 aliphatic carbocycles. The number of hydrogen-bond donors (Lipinski definition) is 1. The van der Waals surface area contributed by atoms with Crippen LogP contribution in [0.1, 0.15) is 23.7 Å². The molecule has 0 radical (unpaired) electrons. The number of methoxy groups -OCH3 is 2. The van der Waals surface area contributed by atoms with Crippen molar-refractivity contribution >= 4 is 22.0 Å². The van der Waals surface area contributed by atoms with Crippen LogP contribution in [0, 0.1) is 0 Å². The van der Waals surface area contributed by atoms with Crippen LogP contribution in [-0.4, -0.2) is 48.1 Å². The maximum atomic E-state index is 12.9. The van der Waals surface area contributed by atoms with Gasteiger partial charge in [0.1, 0.15) is 17.5 Å². The summed E-state index contributed by atoms with van der Waals surface area (Å²) < 4.78 is 13.2. The highest BCUT2D eigenvalue weighted by molar-refractivity contribution is 9.09.